The molecule has 0 aromatic heterocycles. The van der Waals surface area contributed by atoms with Gasteiger partial charge in [0.1, 0.15) is 6.61 Å². The molecule has 1 aromatic rings. The van der Waals surface area contributed by atoms with Crippen LogP contribution in [0.2, 0.25) is 0 Å². The van der Waals surface area contributed by atoms with Crippen molar-refractivity contribution in [1.82, 2.24) is 5.32 Å². The Morgan fingerprint density at radius 3 is 2.90 bits per heavy atom. The molecular formula is C16H22FNO2. The van der Waals surface area contributed by atoms with Crippen molar-refractivity contribution in [2.24, 2.45) is 0 Å². The molecule has 1 aromatic carbocycles. The van der Waals surface area contributed by atoms with Gasteiger partial charge in [-0.1, -0.05) is 12.1 Å². The standard InChI is InChI=1S/C16H22FNO2/c17-15-6-3-4-12(10-18-13-7-8-13)16(15)20-11-14-5-1-2-9-19-14/h3-4,6,13-14,18H,1-2,5,7-11H2. The summed E-state index contributed by atoms with van der Waals surface area (Å²) in [6.45, 7) is 1.90. The highest BCUT2D eigenvalue weighted by molar-refractivity contribution is 5.35. The first-order valence-electron chi connectivity index (χ1n) is 7.58. The van der Waals surface area contributed by atoms with Gasteiger partial charge in [0, 0.05) is 24.8 Å². The summed E-state index contributed by atoms with van der Waals surface area (Å²) in [5.74, 6) is 0.103. The van der Waals surface area contributed by atoms with Crippen LogP contribution in [0, 0.1) is 5.82 Å². The van der Waals surface area contributed by atoms with Crippen molar-refractivity contribution in [2.45, 2.75) is 50.8 Å². The zero-order valence-corrected chi connectivity index (χ0v) is 11.7. The minimum Gasteiger partial charge on any atom is -0.487 e. The normalized spacial score (nSPS) is 22.8. The van der Waals surface area contributed by atoms with E-state index in [-0.39, 0.29) is 11.9 Å². The second-order valence-corrected chi connectivity index (χ2v) is 5.68. The van der Waals surface area contributed by atoms with E-state index in [0.29, 0.717) is 24.9 Å². The van der Waals surface area contributed by atoms with Crippen molar-refractivity contribution in [2.75, 3.05) is 13.2 Å². The quantitative estimate of drug-likeness (QED) is 0.868. The maximum absolute atomic E-state index is 14.0. The molecule has 110 valence electrons. The summed E-state index contributed by atoms with van der Waals surface area (Å²) >= 11 is 0. The van der Waals surface area contributed by atoms with Crippen molar-refractivity contribution in [3.63, 3.8) is 0 Å². The summed E-state index contributed by atoms with van der Waals surface area (Å²) in [6, 6.07) is 5.73. The molecule has 1 unspecified atom stereocenters. The van der Waals surface area contributed by atoms with Gasteiger partial charge in [-0.2, -0.15) is 0 Å². The molecule has 3 nitrogen and oxygen atoms in total. The lowest BCUT2D eigenvalue weighted by Crippen LogP contribution is -2.26. The van der Waals surface area contributed by atoms with Crippen LogP contribution >= 0.6 is 0 Å². The van der Waals surface area contributed by atoms with E-state index in [2.05, 4.69) is 5.32 Å². The Morgan fingerprint density at radius 2 is 2.15 bits per heavy atom. The molecule has 1 heterocycles. The first kappa shape index (κ1) is 13.8. The molecule has 4 heteroatoms. The zero-order valence-electron chi connectivity index (χ0n) is 11.7. The topological polar surface area (TPSA) is 30.5 Å². The summed E-state index contributed by atoms with van der Waals surface area (Å²) in [5, 5.41) is 3.40. The Bertz CT molecular complexity index is 442. The molecule has 0 radical (unpaired) electrons. The van der Waals surface area contributed by atoms with Crippen molar-refractivity contribution >= 4 is 0 Å². The van der Waals surface area contributed by atoms with Crippen LogP contribution in [-0.2, 0) is 11.3 Å². The summed E-state index contributed by atoms with van der Waals surface area (Å²) in [7, 11) is 0. The van der Waals surface area contributed by atoms with E-state index in [0.717, 1.165) is 25.0 Å². The lowest BCUT2D eigenvalue weighted by atomic mass is 10.1. The van der Waals surface area contributed by atoms with Gasteiger partial charge in [-0.3, -0.25) is 0 Å². The lowest BCUT2D eigenvalue weighted by Gasteiger charge is -2.23. The van der Waals surface area contributed by atoms with E-state index in [1.54, 1.807) is 6.07 Å². The number of benzene rings is 1. The van der Waals surface area contributed by atoms with Gasteiger partial charge >= 0.3 is 0 Å². The fraction of sp³-hybridized carbons (Fsp3) is 0.625. The van der Waals surface area contributed by atoms with E-state index in [1.807, 2.05) is 6.07 Å². The first-order chi connectivity index (χ1) is 9.83. The molecule has 3 rings (SSSR count). The largest absolute Gasteiger partial charge is 0.487 e. The van der Waals surface area contributed by atoms with Gasteiger partial charge in [-0.15, -0.1) is 0 Å². The maximum Gasteiger partial charge on any atom is 0.165 e. The number of hydrogen-bond acceptors (Lipinski definition) is 3. The number of ether oxygens (including phenoxy) is 2. The fourth-order valence-corrected chi connectivity index (χ4v) is 2.51. The van der Waals surface area contributed by atoms with Crippen LogP contribution in [-0.4, -0.2) is 25.4 Å². The number of hydrogen-bond donors (Lipinski definition) is 1. The van der Waals surface area contributed by atoms with Crippen LogP contribution in [0.1, 0.15) is 37.7 Å². The Morgan fingerprint density at radius 1 is 1.25 bits per heavy atom. The molecule has 2 aliphatic rings. The van der Waals surface area contributed by atoms with E-state index in [9.17, 15) is 4.39 Å². The van der Waals surface area contributed by atoms with Gasteiger partial charge in [0.2, 0.25) is 0 Å². The molecule has 1 aliphatic heterocycles. The van der Waals surface area contributed by atoms with Crippen LogP contribution in [0.4, 0.5) is 4.39 Å². The average molecular weight is 279 g/mol. The maximum atomic E-state index is 14.0. The number of para-hydroxylation sites is 1. The second-order valence-electron chi connectivity index (χ2n) is 5.68. The smallest absolute Gasteiger partial charge is 0.165 e. The lowest BCUT2D eigenvalue weighted by molar-refractivity contribution is -0.0119. The second kappa shape index (κ2) is 6.55. The Kier molecular flexibility index (Phi) is 4.53. The van der Waals surface area contributed by atoms with Crippen LogP contribution in [0.15, 0.2) is 18.2 Å². The Labute approximate surface area is 119 Å². The number of nitrogens with one attached hydrogen (secondary N) is 1. The molecule has 1 saturated heterocycles. The third kappa shape index (κ3) is 3.70. The molecule has 2 fully saturated rings. The number of halogens is 1. The highest BCUT2D eigenvalue weighted by atomic mass is 19.1. The minimum atomic E-state index is -0.282. The monoisotopic (exact) mass is 279 g/mol. The third-order valence-electron chi connectivity index (χ3n) is 3.89. The van der Waals surface area contributed by atoms with Crippen molar-refractivity contribution < 1.29 is 13.9 Å². The van der Waals surface area contributed by atoms with Crippen molar-refractivity contribution in [3.8, 4) is 5.75 Å². The Hall–Kier alpha value is -1.13. The van der Waals surface area contributed by atoms with Crippen LogP contribution in [0.3, 0.4) is 0 Å². The first-order valence-corrected chi connectivity index (χ1v) is 7.58. The van der Waals surface area contributed by atoms with E-state index >= 15 is 0 Å². The third-order valence-corrected chi connectivity index (χ3v) is 3.89. The predicted molar refractivity (Wildman–Crippen MR) is 75.3 cm³/mol. The fourth-order valence-electron chi connectivity index (χ4n) is 2.51. The van der Waals surface area contributed by atoms with Gasteiger partial charge in [-0.25, -0.2) is 4.39 Å². The van der Waals surface area contributed by atoms with Gasteiger partial charge in [-0.05, 0) is 38.2 Å². The SMILES string of the molecule is Fc1cccc(CNC2CC2)c1OCC1CCCCO1. The average Bonchev–Trinajstić information content (AvgIpc) is 3.29. The van der Waals surface area contributed by atoms with Crippen molar-refractivity contribution in [1.29, 1.82) is 0 Å². The molecule has 1 saturated carbocycles. The van der Waals surface area contributed by atoms with Gasteiger partial charge in [0.25, 0.3) is 0 Å². The molecule has 0 spiro atoms. The molecule has 1 aliphatic carbocycles. The molecule has 0 amide bonds. The van der Waals surface area contributed by atoms with Gasteiger partial charge < -0.3 is 14.8 Å². The molecule has 1 N–H and O–H groups in total. The Balaban J connectivity index is 1.60. The molecule has 1 atom stereocenters. The van der Waals surface area contributed by atoms with Crippen LogP contribution in [0.5, 0.6) is 5.75 Å². The van der Waals surface area contributed by atoms with Crippen molar-refractivity contribution in [3.05, 3.63) is 29.6 Å². The van der Waals surface area contributed by atoms with E-state index in [1.165, 1.54) is 25.3 Å². The highest BCUT2D eigenvalue weighted by Crippen LogP contribution is 2.26. The van der Waals surface area contributed by atoms with Gasteiger partial charge in [0.15, 0.2) is 11.6 Å². The summed E-state index contributed by atoms with van der Waals surface area (Å²) < 4.78 is 25.3. The molecule has 0 bridgehead atoms. The summed E-state index contributed by atoms with van der Waals surface area (Å²) in [5.41, 5.74) is 0.896. The summed E-state index contributed by atoms with van der Waals surface area (Å²) in [6.07, 6.45) is 5.84. The minimum absolute atomic E-state index is 0.104. The van der Waals surface area contributed by atoms with E-state index in [4.69, 9.17) is 9.47 Å². The predicted octanol–water partition coefficient (Wildman–Crippen LogP) is 3.03. The number of rotatable bonds is 6. The highest BCUT2D eigenvalue weighted by Gasteiger charge is 2.22. The zero-order chi connectivity index (χ0) is 13.8. The summed E-state index contributed by atoms with van der Waals surface area (Å²) in [4.78, 5) is 0. The van der Waals surface area contributed by atoms with Gasteiger partial charge in [0.05, 0.1) is 6.10 Å². The van der Waals surface area contributed by atoms with Crippen LogP contribution < -0.4 is 10.1 Å². The molecule has 20 heavy (non-hydrogen) atoms. The van der Waals surface area contributed by atoms with Crippen LogP contribution in [0.25, 0.3) is 0 Å². The van der Waals surface area contributed by atoms with E-state index < -0.39 is 0 Å². The molecular weight excluding hydrogens is 257 g/mol.